The van der Waals surface area contributed by atoms with Gasteiger partial charge in [-0.25, -0.2) is 9.48 Å². The Bertz CT molecular complexity index is 576. The molecule has 0 aliphatic heterocycles. The highest BCUT2D eigenvalue weighted by Crippen LogP contribution is 2.29. The smallest absolute Gasteiger partial charge is 0.346 e. The van der Waals surface area contributed by atoms with E-state index in [0.717, 1.165) is 23.8 Å². The van der Waals surface area contributed by atoms with Crippen molar-refractivity contribution in [3.63, 3.8) is 0 Å². The third-order valence-corrected chi connectivity index (χ3v) is 4.06. The van der Waals surface area contributed by atoms with Gasteiger partial charge in [-0.15, -0.1) is 5.10 Å². The summed E-state index contributed by atoms with van der Waals surface area (Å²) in [5.74, 6) is 0.698. The normalized spacial score (nSPS) is 22.7. The van der Waals surface area contributed by atoms with E-state index in [1.165, 1.54) is 11.7 Å². The highest BCUT2D eigenvalue weighted by molar-refractivity contribution is 5.35. The van der Waals surface area contributed by atoms with Crippen LogP contribution in [0.15, 0.2) is 9.59 Å². The molecule has 0 radical (unpaired) electrons. The van der Waals surface area contributed by atoms with E-state index in [-0.39, 0.29) is 11.6 Å². The van der Waals surface area contributed by atoms with Crippen molar-refractivity contribution in [3.05, 3.63) is 20.8 Å². The Morgan fingerprint density at radius 1 is 1.37 bits per heavy atom. The molecule has 2 atom stereocenters. The predicted octanol–water partition coefficient (Wildman–Crippen LogP) is -0.957. The minimum Gasteiger partial charge on any atom is -0.350 e. The molecule has 2 unspecified atom stereocenters. The zero-order valence-electron chi connectivity index (χ0n) is 11.7. The van der Waals surface area contributed by atoms with Gasteiger partial charge in [0.05, 0.1) is 0 Å². The predicted molar refractivity (Wildman–Crippen MR) is 73.3 cm³/mol. The molecule has 2 N–H and O–H groups in total. The van der Waals surface area contributed by atoms with E-state index in [1.54, 1.807) is 7.05 Å². The highest BCUT2D eigenvalue weighted by atomic mass is 16.2. The number of aryl methyl sites for hydroxylation is 1. The summed E-state index contributed by atoms with van der Waals surface area (Å²) in [4.78, 5) is 25.7. The van der Waals surface area contributed by atoms with Gasteiger partial charge in [0.1, 0.15) is 0 Å². The maximum Gasteiger partial charge on any atom is 0.346 e. The third kappa shape index (κ3) is 2.30. The number of rotatable bonds is 3. The fraction of sp³-hybridized carbons (Fsp3) is 0.750. The Morgan fingerprint density at radius 3 is 2.68 bits per heavy atom. The second-order valence-corrected chi connectivity index (χ2v) is 5.20. The Kier molecular flexibility index (Phi) is 3.75. The zero-order valence-corrected chi connectivity index (χ0v) is 11.7. The summed E-state index contributed by atoms with van der Waals surface area (Å²) in [5, 5.41) is 4.10. The molecule has 1 aliphatic rings. The summed E-state index contributed by atoms with van der Waals surface area (Å²) >= 11 is 0. The maximum atomic E-state index is 12.1. The van der Waals surface area contributed by atoms with Crippen LogP contribution in [-0.2, 0) is 14.1 Å². The van der Waals surface area contributed by atoms with E-state index in [2.05, 4.69) is 5.10 Å². The number of nitrogens with two attached hydrogens (primary N) is 1. The van der Waals surface area contributed by atoms with Gasteiger partial charge in [0.15, 0.2) is 0 Å². The summed E-state index contributed by atoms with van der Waals surface area (Å²) < 4.78 is 2.28. The molecule has 0 aromatic carbocycles. The van der Waals surface area contributed by atoms with Crippen LogP contribution < -0.4 is 21.9 Å². The first kappa shape index (κ1) is 13.8. The monoisotopic (exact) mass is 267 g/mol. The van der Waals surface area contributed by atoms with Crippen molar-refractivity contribution in [1.82, 2.24) is 14.3 Å². The van der Waals surface area contributed by atoms with Crippen molar-refractivity contribution >= 4 is 5.82 Å². The quantitative estimate of drug-likeness (QED) is 0.762. The molecule has 7 heteroatoms. The second kappa shape index (κ2) is 5.16. The van der Waals surface area contributed by atoms with E-state index in [9.17, 15) is 9.59 Å². The number of hydrogen-bond acceptors (Lipinski definition) is 5. The van der Waals surface area contributed by atoms with Crippen molar-refractivity contribution in [2.75, 3.05) is 18.5 Å². The van der Waals surface area contributed by atoms with Gasteiger partial charge in [-0.3, -0.25) is 9.36 Å². The molecule has 2 rings (SSSR count). The van der Waals surface area contributed by atoms with Gasteiger partial charge in [0, 0.05) is 27.2 Å². The van der Waals surface area contributed by atoms with Gasteiger partial charge >= 0.3 is 5.69 Å². The summed E-state index contributed by atoms with van der Waals surface area (Å²) in [5.41, 5.74) is 5.01. The molecule has 1 aromatic rings. The van der Waals surface area contributed by atoms with Gasteiger partial charge in [-0.1, -0.05) is 6.42 Å². The SMILES string of the molecule is CN(c1nn(C)c(=O)n(C)c1=O)C1CCCC1CN. The minimum atomic E-state index is -0.413. The summed E-state index contributed by atoms with van der Waals surface area (Å²) in [6, 6.07) is 0.225. The van der Waals surface area contributed by atoms with Gasteiger partial charge in [0.25, 0.3) is 5.56 Å². The molecule has 0 amide bonds. The molecule has 106 valence electrons. The molecule has 0 spiro atoms. The van der Waals surface area contributed by atoms with Crippen LogP contribution in [0.4, 0.5) is 5.82 Å². The first-order valence-corrected chi connectivity index (χ1v) is 6.54. The van der Waals surface area contributed by atoms with Gasteiger partial charge < -0.3 is 10.6 Å². The molecular formula is C12H21N5O2. The van der Waals surface area contributed by atoms with E-state index in [4.69, 9.17) is 5.73 Å². The van der Waals surface area contributed by atoms with Crippen molar-refractivity contribution < 1.29 is 0 Å². The van der Waals surface area contributed by atoms with Crippen molar-refractivity contribution in [1.29, 1.82) is 0 Å². The average molecular weight is 267 g/mol. The van der Waals surface area contributed by atoms with Crippen LogP contribution in [0.5, 0.6) is 0 Å². The molecule has 1 fully saturated rings. The lowest BCUT2D eigenvalue weighted by Gasteiger charge is -2.29. The lowest BCUT2D eigenvalue weighted by atomic mass is 10.0. The molecule has 19 heavy (non-hydrogen) atoms. The largest absolute Gasteiger partial charge is 0.350 e. The van der Waals surface area contributed by atoms with Crippen LogP contribution >= 0.6 is 0 Å². The molecule has 7 nitrogen and oxygen atoms in total. The number of anilines is 1. The summed E-state index contributed by atoms with van der Waals surface area (Å²) in [7, 11) is 4.87. The van der Waals surface area contributed by atoms with Crippen molar-refractivity contribution in [3.8, 4) is 0 Å². The fourth-order valence-corrected chi connectivity index (χ4v) is 2.86. The van der Waals surface area contributed by atoms with Crippen LogP contribution in [0.1, 0.15) is 19.3 Å². The number of nitrogens with zero attached hydrogens (tertiary/aromatic N) is 4. The van der Waals surface area contributed by atoms with E-state index < -0.39 is 5.69 Å². The molecule has 1 heterocycles. The molecule has 1 aromatic heterocycles. The minimum absolute atomic E-state index is 0.225. The van der Waals surface area contributed by atoms with Gasteiger partial charge in [-0.2, -0.15) is 0 Å². The molecule has 0 saturated heterocycles. The second-order valence-electron chi connectivity index (χ2n) is 5.20. The Morgan fingerprint density at radius 2 is 2.05 bits per heavy atom. The van der Waals surface area contributed by atoms with Crippen molar-refractivity contribution in [2.45, 2.75) is 25.3 Å². The van der Waals surface area contributed by atoms with Gasteiger partial charge in [0.2, 0.25) is 5.82 Å². The lowest BCUT2D eigenvalue weighted by molar-refractivity contribution is 0.463. The van der Waals surface area contributed by atoms with Crippen LogP contribution in [0.3, 0.4) is 0 Å². The van der Waals surface area contributed by atoms with Crippen LogP contribution in [-0.4, -0.2) is 34.0 Å². The van der Waals surface area contributed by atoms with Crippen LogP contribution in [0.2, 0.25) is 0 Å². The van der Waals surface area contributed by atoms with Crippen LogP contribution in [0, 0.1) is 5.92 Å². The fourth-order valence-electron chi connectivity index (χ4n) is 2.86. The first-order chi connectivity index (χ1) is 8.97. The van der Waals surface area contributed by atoms with Crippen molar-refractivity contribution in [2.24, 2.45) is 25.7 Å². The topological polar surface area (TPSA) is 86.2 Å². The van der Waals surface area contributed by atoms with E-state index >= 15 is 0 Å². The number of hydrogen-bond donors (Lipinski definition) is 1. The Labute approximate surface area is 111 Å². The molecule has 1 saturated carbocycles. The lowest BCUT2D eigenvalue weighted by Crippen LogP contribution is -2.46. The molecule has 1 aliphatic carbocycles. The zero-order chi connectivity index (χ0) is 14.2. The van der Waals surface area contributed by atoms with E-state index in [0.29, 0.717) is 18.3 Å². The number of aromatic nitrogens is 3. The van der Waals surface area contributed by atoms with E-state index in [1.807, 2.05) is 11.9 Å². The van der Waals surface area contributed by atoms with Crippen LogP contribution in [0.25, 0.3) is 0 Å². The first-order valence-electron chi connectivity index (χ1n) is 6.54. The summed E-state index contributed by atoms with van der Waals surface area (Å²) in [6.07, 6.45) is 3.20. The standard InChI is InChI=1S/C12H21N5O2/c1-15(9-6-4-5-8(9)7-13)10-11(18)16(2)12(19)17(3)14-10/h8-9H,4-7,13H2,1-3H3. The third-order valence-electron chi connectivity index (χ3n) is 4.06. The maximum absolute atomic E-state index is 12.1. The Balaban J connectivity index is 2.42. The Hall–Kier alpha value is -1.63. The van der Waals surface area contributed by atoms with Gasteiger partial charge in [-0.05, 0) is 25.3 Å². The average Bonchev–Trinajstić information content (AvgIpc) is 2.88. The highest BCUT2D eigenvalue weighted by Gasteiger charge is 2.31. The summed E-state index contributed by atoms with van der Waals surface area (Å²) in [6.45, 7) is 0.612. The molecular weight excluding hydrogens is 246 g/mol. The molecule has 0 bridgehead atoms.